The number of nitrogens with one attached hydrogen (secondary N) is 1. The molecule has 8 nitrogen and oxygen atoms in total. The van der Waals surface area contributed by atoms with Crippen LogP contribution in [0.4, 0.5) is 19.0 Å². The van der Waals surface area contributed by atoms with Crippen LogP contribution < -0.4 is 4.90 Å². The molecule has 3 aromatic heterocycles. The van der Waals surface area contributed by atoms with E-state index in [1.54, 1.807) is 6.20 Å². The van der Waals surface area contributed by atoms with Crippen molar-refractivity contribution in [3.63, 3.8) is 0 Å². The number of nitrogens with zero attached hydrogens (tertiary/aromatic N) is 5. The van der Waals surface area contributed by atoms with Crippen LogP contribution in [0.2, 0.25) is 0 Å². The molecule has 0 spiro atoms. The summed E-state index contributed by atoms with van der Waals surface area (Å²) >= 11 is 0. The number of hydrogen-bond acceptors (Lipinski definition) is 6. The number of ketones is 1. The molecule has 1 N–H and O–H groups in total. The monoisotopic (exact) mass is 462 g/mol. The fourth-order valence-electron chi connectivity index (χ4n) is 4.76. The van der Waals surface area contributed by atoms with E-state index in [1.165, 1.54) is 6.33 Å². The minimum Gasteiger partial charge on any atom is -0.381 e. The highest BCUT2D eigenvalue weighted by atomic mass is 19.4. The van der Waals surface area contributed by atoms with E-state index in [4.69, 9.17) is 4.74 Å². The SMILES string of the molecule is O=C(CCCC(F)(F)F)c1nn(C2CCOCC2)c2c1CN(c1ncnc3[nH]ccc13)CC2. The Balaban J connectivity index is 1.46. The summed E-state index contributed by atoms with van der Waals surface area (Å²) in [4.78, 5) is 26.9. The zero-order chi connectivity index (χ0) is 23.0. The molecule has 176 valence electrons. The molecule has 2 aliphatic heterocycles. The summed E-state index contributed by atoms with van der Waals surface area (Å²) in [5.74, 6) is 0.429. The fraction of sp³-hybridized carbons (Fsp3) is 0.545. The third-order valence-corrected chi connectivity index (χ3v) is 6.38. The largest absolute Gasteiger partial charge is 0.389 e. The number of halogens is 3. The van der Waals surface area contributed by atoms with Crippen LogP contribution in [0.5, 0.6) is 0 Å². The van der Waals surface area contributed by atoms with Crippen molar-refractivity contribution in [3.05, 3.63) is 35.5 Å². The van der Waals surface area contributed by atoms with E-state index < -0.39 is 12.6 Å². The lowest BCUT2D eigenvalue weighted by Gasteiger charge is -2.31. The molecule has 11 heteroatoms. The normalized spacial score (nSPS) is 17.5. The van der Waals surface area contributed by atoms with Crippen LogP contribution in [0.25, 0.3) is 11.0 Å². The minimum atomic E-state index is -4.27. The number of Topliss-reactive ketones (excluding diaryl/α,β-unsaturated/α-hetero) is 1. The maximum atomic E-state index is 13.0. The highest BCUT2D eigenvalue weighted by Crippen LogP contribution is 2.33. The average molecular weight is 462 g/mol. The molecular weight excluding hydrogens is 437 g/mol. The van der Waals surface area contributed by atoms with E-state index in [-0.39, 0.29) is 24.7 Å². The fourth-order valence-corrected chi connectivity index (χ4v) is 4.76. The van der Waals surface area contributed by atoms with Crippen molar-refractivity contribution in [2.45, 2.75) is 57.3 Å². The number of aromatic amines is 1. The van der Waals surface area contributed by atoms with Crippen molar-refractivity contribution < 1.29 is 22.7 Å². The standard InChI is InChI=1S/C22H25F3N6O2/c23-22(24,25)7-1-2-18(32)19-16-12-30(21-15-3-8-26-20(15)27-13-28-21)9-4-17(16)31(29-19)14-5-10-33-11-6-14/h3,8,13-14H,1-2,4-7,9-12H2,(H,26,27,28). The van der Waals surface area contributed by atoms with E-state index in [2.05, 4.69) is 25.0 Å². The zero-order valence-electron chi connectivity index (χ0n) is 18.1. The number of carbonyl (C=O) groups is 1. The lowest BCUT2D eigenvalue weighted by atomic mass is 10.00. The van der Waals surface area contributed by atoms with Gasteiger partial charge in [-0.1, -0.05) is 0 Å². The molecule has 0 amide bonds. The van der Waals surface area contributed by atoms with Crippen LogP contribution in [0.1, 0.15) is 59.9 Å². The quantitative estimate of drug-likeness (QED) is 0.558. The number of carbonyl (C=O) groups excluding carboxylic acids is 1. The summed E-state index contributed by atoms with van der Waals surface area (Å²) in [6.07, 6.45) is -0.0776. The summed E-state index contributed by atoms with van der Waals surface area (Å²) in [6, 6.07) is 2.04. The number of alkyl halides is 3. The topological polar surface area (TPSA) is 88.9 Å². The van der Waals surface area contributed by atoms with Gasteiger partial charge in [0.1, 0.15) is 23.5 Å². The summed E-state index contributed by atoms with van der Waals surface area (Å²) < 4.78 is 45.2. The Morgan fingerprint density at radius 3 is 2.85 bits per heavy atom. The highest BCUT2D eigenvalue weighted by molar-refractivity contribution is 5.96. The predicted octanol–water partition coefficient (Wildman–Crippen LogP) is 3.98. The van der Waals surface area contributed by atoms with Crippen molar-refractivity contribution in [2.75, 3.05) is 24.7 Å². The molecule has 3 aromatic rings. The van der Waals surface area contributed by atoms with Gasteiger partial charge in [-0.15, -0.1) is 0 Å². The van der Waals surface area contributed by atoms with Crippen LogP contribution in [-0.2, 0) is 17.7 Å². The molecule has 0 saturated carbocycles. The van der Waals surface area contributed by atoms with E-state index in [1.807, 2.05) is 10.7 Å². The number of hydrogen-bond donors (Lipinski definition) is 1. The predicted molar refractivity (Wildman–Crippen MR) is 114 cm³/mol. The Hall–Kier alpha value is -2.95. The van der Waals surface area contributed by atoms with Gasteiger partial charge in [-0.05, 0) is 25.3 Å². The molecule has 5 rings (SSSR count). The van der Waals surface area contributed by atoms with Crippen LogP contribution >= 0.6 is 0 Å². The number of aromatic nitrogens is 5. The summed E-state index contributed by atoms with van der Waals surface area (Å²) in [7, 11) is 0. The summed E-state index contributed by atoms with van der Waals surface area (Å²) in [5, 5.41) is 5.56. The molecule has 1 saturated heterocycles. The van der Waals surface area contributed by atoms with E-state index in [0.29, 0.717) is 38.4 Å². The van der Waals surface area contributed by atoms with Crippen molar-refractivity contribution in [1.29, 1.82) is 0 Å². The number of ether oxygens (including phenoxy) is 1. The molecule has 33 heavy (non-hydrogen) atoms. The number of H-pyrrole nitrogens is 1. The van der Waals surface area contributed by atoms with Gasteiger partial charge in [-0.25, -0.2) is 9.97 Å². The minimum absolute atomic E-state index is 0.131. The van der Waals surface area contributed by atoms with Crippen LogP contribution in [-0.4, -0.2) is 56.5 Å². The number of fused-ring (bicyclic) bond motifs is 2. The van der Waals surface area contributed by atoms with Gasteiger partial charge in [0, 0.05) is 63.0 Å². The van der Waals surface area contributed by atoms with Crippen molar-refractivity contribution in [3.8, 4) is 0 Å². The van der Waals surface area contributed by atoms with E-state index in [0.717, 1.165) is 41.0 Å². The molecular formula is C22H25F3N6O2. The number of rotatable bonds is 6. The third-order valence-electron chi connectivity index (χ3n) is 6.38. The maximum Gasteiger partial charge on any atom is 0.389 e. The molecule has 0 aromatic carbocycles. The Labute approximate surface area is 188 Å². The maximum absolute atomic E-state index is 13.0. The molecule has 0 bridgehead atoms. The number of anilines is 1. The Morgan fingerprint density at radius 2 is 2.06 bits per heavy atom. The van der Waals surface area contributed by atoms with Gasteiger partial charge in [0.15, 0.2) is 5.78 Å². The molecule has 5 heterocycles. The Kier molecular flexibility index (Phi) is 5.81. The lowest BCUT2D eigenvalue weighted by Crippen LogP contribution is -2.33. The second-order valence-corrected chi connectivity index (χ2v) is 8.56. The van der Waals surface area contributed by atoms with Gasteiger partial charge >= 0.3 is 6.18 Å². The first-order valence-electron chi connectivity index (χ1n) is 11.2. The molecule has 0 aliphatic carbocycles. The summed E-state index contributed by atoms with van der Waals surface area (Å²) in [6.45, 7) is 2.39. The molecule has 0 radical (unpaired) electrons. The Morgan fingerprint density at radius 1 is 1.24 bits per heavy atom. The lowest BCUT2D eigenvalue weighted by molar-refractivity contribution is -0.135. The average Bonchev–Trinajstić information content (AvgIpc) is 3.43. The second kappa shape index (κ2) is 8.77. The summed E-state index contributed by atoms with van der Waals surface area (Å²) in [5.41, 5.74) is 2.82. The third kappa shape index (κ3) is 4.46. The molecule has 2 aliphatic rings. The van der Waals surface area contributed by atoms with E-state index >= 15 is 0 Å². The van der Waals surface area contributed by atoms with Gasteiger partial charge in [0.2, 0.25) is 0 Å². The smallest absolute Gasteiger partial charge is 0.381 e. The molecule has 0 unspecified atom stereocenters. The first-order valence-corrected chi connectivity index (χ1v) is 11.2. The first kappa shape index (κ1) is 21.9. The second-order valence-electron chi connectivity index (χ2n) is 8.56. The highest BCUT2D eigenvalue weighted by Gasteiger charge is 2.33. The van der Waals surface area contributed by atoms with Gasteiger partial charge in [-0.3, -0.25) is 9.48 Å². The Bertz CT molecular complexity index is 1150. The van der Waals surface area contributed by atoms with Gasteiger partial charge < -0.3 is 14.6 Å². The van der Waals surface area contributed by atoms with Crippen molar-refractivity contribution in [2.24, 2.45) is 0 Å². The van der Waals surface area contributed by atoms with Crippen LogP contribution in [0.15, 0.2) is 18.6 Å². The van der Waals surface area contributed by atoms with Gasteiger partial charge in [0.25, 0.3) is 0 Å². The molecule has 0 atom stereocenters. The van der Waals surface area contributed by atoms with Crippen molar-refractivity contribution in [1.82, 2.24) is 24.7 Å². The van der Waals surface area contributed by atoms with Gasteiger partial charge in [0.05, 0.1) is 11.4 Å². The first-order chi connectivity index (χ1) is 15.9. The van der Waals surface area contributed by atoms with Crippen molar-refractivity contribution >= 4 is 22.6 Å². The van der Waals surface area contributed by atoms with Crippen LogP contribution in [0.3, 0.4) is 0 Å². The van der Waals surface area contributed by atoms with Gasteiger partial charge in [-0.2, -0.15) is 18.3 Å². The molecule has 1 fully saturated rings. The van der Waals surface area contributed by atoms with Crippen LogP contribution in [0, 0.1) is 0 Å². The van der Waals surface area contributed by atoms with E-state index in [9.17, 15) is 18.0 Å². The zero-order valence-corrected chi connectivity index (χ0v) is 18.1.